The first-order valence-electron chi connectivity index (χ1n) is 6.73. The molecular weight excluding hydrogens is 294 g/mol. The van der Waals surface area contributed by atoms with E-state index < -0.39 is 9.84 Å². The molecule has 0 fully saturated rings. The molecule has 3 rings (SSSR count). The van der Waals surface area contributed by atoms with Crippen molar-refractivity contribution in [3.8, 4) is 17.2 Å². The van der Waals surface area contributed by atoms with Crippen LogP contribution in [0.2, 0.25) is 0 Å². The summed E-state index contributed by atoms with van der Waals surface area (Å²) in [7, 11) is -3.22. The molecule has 3 nitrogen and oxygen atoms in total. The van der Waals surface area contributed by atoms with E-state index in [1.54, 1.807) is 24.3 Å². The third-order valence-electron chi connectivity index (χ3n) is 3.63. The zero-order valence-corrected chi connectivity index (χ0v) is 12.8. The number of sulfone groups is 1. The quantitative estimate of drug-likeness (QED) is 0.724. The van der Waals surface area contributed by atoms with E-state index in [2.05, 4.69) is 6.07 Å². The second kappa shape index (κ2) is 5.28. The van der Waals surface area contributed by atoms with Crippen LogP contribution in [-0.2, 0) is 9.84 Å². The van der Waals surface area contributed by atoms with Crippen molar-refractivity contribution in [2.75, 3.05) is 6.26 Å². The van der Waals surface area contributed by atoms with Crippen LogP contribution < -0.4 is 0 Å². The van der Waals surface area contributed by atoms with Crippen LogP contribution in [0, 0.1) is 11.3 Å². The van der Waals surface area contributed by atoms with Crippen molar-refractivity contribution in [3.05, 3.63) is 66.2 Å². The molecule has 0 amide bonds. The van der Waals surface area contributed by atoms with Crippen LogP contribution in [0.1, 0.15) is 5.56 Å². The minimum absolute atomic E-state index is 0.274. The van der Waals surface area contributed by atoms with Gasteiger partial charge < -0.3 is 0 Å². The van der Waals surface area contributed by atoms with Gasteiger partial charge in [0.2, 0.25) is 0 Å². The Hall–Kier alpha value is -2.64. The fraction of sp³-hybridized carbons (Fsp3) is 0.0556. The molecule has 0 saturated carbocycles. The van der Waals surface area contributed by atoms with Crippen LogP contribution in [0.4, 0.5) is 0 Å². The highest BCUT2D eigenvalue weighted by Gasteiger charge is 2.11. The standard InChI is InChI=1S/C18H13NO2S/c1-22(20,21)15-9-6-14(7-10-15)17-11-8-13-4-2-3-5-16(13)18(17)12-19/h2-11H,1H3. The van der Waals surface area contributed by atoms with E-state index in [0.29, 0.717) is 5.56 Å². The van der Waals surface area contributed by atoms with Crippen LogP contribution in [0.5, 0.6) is 0 Å². The minimum Gasteiger partial charge on any atom is -0.224 e. The maximum absolute atomic E-state index is 11.5. The van der Waals surface area contributed by atoms with Gasteiger partial charge in [-0.25, -0.2) is 8.42 Å². The van der Waals surface area contributed by atoms with Gasteiger partial charge in [-0.05, 0) is 23.1 Å². The van der Waals surface area contributed by atoms with E-state index in [4.69, 9.17) is 0 Å². The van der Waals surface area contributed by atoms with Crippen molar-refractivity contribution >= 4 is 20.6 Å². The van der Waals surface area contributed by atoms with E-state index in [1.807, 2.05) is 36.4 Å². The Kier molecular flexibility index (Phi) is 3.44. The molecule has 0 unspecified atom stereocenters. The van der Waals surface area contributed by atoms with Crippen LogP contribution in [0.25, 0.3) is 21.9 Å². The predicted octanol–water partition coefficient (Wildman–Crippen LogP) is 3.78. The van der Waals surface area contributed by atoms with Crippen molar-refractivity contribution in [1.29, 1.82) is 5.26 Å². The summed E-state index contributed by atoms with van der Waals surface area (Å²) >= 11 is 0. The van der Waals surface area contributed by atoms with Gasteiger partial charge in [0.25, 0.3) is 0 Å². The molecule has 0 atom stereocenters. The van der Waals surface area contributed by atoms with Crippen molar-refractivity contribution in [2.24, 2.45) is 0 Å². The SMILES string of the molecule is CS(=O)(=O)c1ccc(-c2ccc3ccccc3c2C#N)cc1. The maximum atomic E-state index is 11.5. The van der Waals surface area contributed by atoms with Crippen molar-refractivity contribution < 1.29 is 8.42 Å². The average Bonchev–Trinajstić information content (AvgIpc) is 2.53. The molecule has 0 aliphatic carbocycles. The molecule has 0 aliphatic rings. The van der Waals surface area contributed by atoms with Crippen LogP contribution >= 0.6 is 0 Å². The average molecular weight is 307 g/mol. The molecule has 22 heavy (non-hydrogen) atoms. The van der Waals surface area contributed by atoms with E-state index in [9.17, 15) is 13.7 Å². The highest BCUT2D eigenvalue weighted by Crippen LogP contribution is 2.30. The van der Waals surface area contributed by atoms with Gasteiger partial charge in [0, 0.05) is 17.2 Å². The molecule has 0 saturated heterocycles. The molecule has 0 N–H and O–H groups in total. The molecule has 108 valence electrons. The number of rotatable bonds is 2. The Balaban J connectivity index is 2.21. The van der Waals surface area contributed by atoms with Gasteiger partial charge in [-0.2, -0.15) is 5.26 Å². The monoisotopic (exact) mass is 307 g/mol. The molecule has 0 aliphatic heterocycles. The summed E-state index contributed by atoms with van der Waals surface area (Å²) < 4.78 is 23.1. The lowest BCUT2D eigenvalue weighted by molar-refractivity contribution is 0.602. The molecule has 0 heterocycles. The van der Waals surface area contributed by atoms with Crippen LogP contribution in [0.15, 0.2) is 65.6 Å². The molecule has 3 aromatic carbocycles. The molecule has 0 bridgehead atoms. The first-order valence-corrected chi connectivity index (χ1v) is 8.62. The lowest BCUT2D eigenvalue weighted by atomic mass is 9.95. The van der Waals surface area contributed by atoms with E-state index in [-0.39, 0.29) is 4.90 Å². The molecule has 0 aromatic heterocycles. The summed E-state index contributed by atoms with van der Waals surface area (Å²) in [5.74, 6) is 0. The predicted molar refractivity (Wildman–Crippen MR) is 87.2 cm³/mol. The Morgan fingerprint density at radius 1 is 0.909 bits per heavy atom. The second-order valence-corrected chi connectivity index (χ2v) is 7.13. The summed E-state index contributed by atoms with van der Waals surface area (Å²) in [5, 5.41) is 11.4. The Morgan fingerprint density at radius 2 is 1.59 bits per heavy atom. The van der Waals surface area contributed by atoms with Gasteiger partial charge in [0.15, 0.2) is 9.84 Å². The highest BCUT2D eigenvalue weighted by atomic mass is 32.2. The topological polar surface area (TPSA) is 57.9 Å². The number of hydrogen-bond acceptors (Lipinski definition) is 3. The number of nitrogens with zero attached hydrogens (tertiary/aromatic N) is 1. The number of nitriles is 1. The Labute approximate surface area is 129 Å². The maximum Gasteiger partial charge on any atom is 0.175 e. The molecule has 0 radical (unpaired) electrons. The second-order valence-electron chi connectivity index (χ2n) is 5.12. The van der Waals surface area contributed by atoms with Gasteiger partial charge in [0.1, 0.15) is 6.07 Å². The first-order chi connectivity index (χ1) is 10.5. The number of hydrogen-bond donors (Lipinski definition) is 0. The lowest BCUT2D eigenvalue weighted by Gasteiger charge is -2.08. The van der Waals surface area contributed by atoms with E-state index >= 15 is 0 Å². The molecule has 3 aromatic rings. The summed E-state index contributed by atoms with van der Waals surface area (Å²) in [5.41, 5.74) is 2.24. The summed E-state index contributed by atoms with van der Waals surface area (Å²) in [6.45, 7) is 0. The summed E-state index contributed by atoms with van der Waals surface area (Å²) in [6, 6.07) is 20.5. The summed E-state index contributed by atoms with van der Waals surface area (Å²) in [6.07, 6.45) is 1.18. The van der Waals surface area contributed by atoms with Gasteiger partial charge in [-0.15, -0.1) is 0 Å². The molecule has 4 heteroatoms. The fourth-order valence-corrected chi connectivity index (χ4v) is 3.14. The van der Waals surface area contributed by atoms with Gasteiger partial charge >= 0.3 is 0 Å². The first kappa shape index (κ1) is 14.3. The molecule has 0 spiro atoms. The fourth-order valence-electron chi connectivity index (χ4n) is 2.51. The van der Waals surface area contributed by atoms with Crippen molar-refractivity contribution in [3.63, 3.8) is 0 Å². The van der Waals surface area contributed by atoms with Crippen LogP contribution in [0.3, 0.4) is 0 Å². The largest absolute Gasteiger partial charge is 0.224 e. The zero-order valence-electron chi connectivity index (χ0n) is 11.9. The van der Waals surface area contributed by atoms with Gasteiger partial charge in [-0.3, -0.25) is 0 Å². The van der Waals surface area contributed by atoms with Crippen LogP contribution in [-0.4, -0.2) is 14.7 Å². The molecular formula is C18H13NO2S. The van der Waals surface area contributed by atoms with Crippen molar-refractivity contribution in [1.82, 2.24) is 0 Å². The van der Waals surface area contributed by atoms with Gasteiger partial charge in [0.05, 0.1) is 10.5 Å². The number of benzene rings is 3. The number of fused-ring (bicyclic) bond motifs is 1. The Morgan fingerprint density at radius 3 is 2.23 bits per heavy atom. The normalized spacial score (nSPS) is 11.3. The minimum atomic E-state index is -3.22. The lowest BCUT2D eigenvalue weighted by Crippen LogP contribution is -1.96. The summed E-state index contributed by atoms with van der Waals surface area (Å²) in [4.78, 5) is 0.274. The van der Waals surface area contributed by atoms with Gasteiger partial charge in [-0.1, -0.05) is 48.5 Å². The zero-order chi connectivity index (χ0) is 15.7. The van der Waals surface area contributed by atoms with E-state index in [1.165, 1.54) is 6.26 Å². The van der Waals surface area contributed by atoms with Crippen molar-refractivity contribution in [2.45, 2.75) is 4.90 Å². The third kappa shape index (κ3) is 2.47. The highest BCUT2D eigenvalue weighted by molar-refractivity contribution is 7.90. The smallest absolute Gasteiger partial charge is 0.175 e. The van der Waals surface area contributed by atoms with E-state index in [0.717, 1.165) is 21.9 Å². The third-order valence-corrected chi connectivity index (χ3v) is 4.76. The Bertz CT molecular complexity index is 997.